The molecule has 13 heteroatoms. The molecule has 272 valence electrons. The fourth-order valence-electron chi connectivity index (χ4n) is 6.56. The van der Waals surface area contributed by atoms with Crippen LogP contribution in [0.15, 0.2) is 23.8 Å². The smallest absolute Gasteiger partial charge is 0.308 e. The predicted molar refractivity (Wildman–Crippen MR) is 174 cm³/mol. The average molecular weight is 682 g/mol. The summed E-state index contributed by atoms with van der Waals surface area (Å²) in [4.78, 5) is 64.6. The van der Waals surface area contributed by atoms with E-state index in [-0.39, 0.29) is 25.2 Å². The van der Waals surface area contributed by atoms with Gasteiger partial charge in [-0.05, 0) is 52.8 Å². The van der Waals surface area contributed by atoms with Crippen molar-refractivity contribution in [1.29, 1.82) is 0 Å². The second-order valence-corrected chi connectivity index (χ2v) is 13.3. The van der Waals surface area contributed by atoms with Crippen LogP contribution in [0.2, 0.25) is 0 Å². The van der Waals surface area contributed by atoms with Gasteiger partial charge in [-0.3, -0.25) is 24.1 Å². The number of nitrogens with zero attached hydrogens (tertiary/aromatic N) is 1. The number of likely N-dealkylation sites (N-methyl/N-ethyl adjacent to an activating group) is 1. The number of hydrogen-bond acceptors (Lipinski definition) is 13. The number of rotatable bonds is 9. The summed E-state index contributed by atoms with van der Waals surface area (Å²) in [6.07, 6.45) is -1.24. The molecule has 2 aliphatic rings. The summed E-state index contributed by atoms with van der Waals surface area (Å²) in [6, 6.07) is -0.704. The summed E-state index contributed by atoms with van der Waals surface area (Å²) in [5, 5.41) is 21.5. The Hall–Kier alpha value is -2.97. The summed E-state index contributed by atoms with van der Waals surface area (Å²) in [5.74, 6) is -4.62. The molecule has 2 rings (SSSR count). The Morgan fingerprint density at radius 2 is 1.67 bits per heavy atom. The zero-order valence-electron chi connectivity index (χ0n) is 29.7. The highest BCUT2D eigenvalue weighted by Crippen LogP contribution is 2.36. The van der Waals surface area contributed by atoms with Crippen molar-refractivity contribution in [3.63, 3.8) is 0 Å². The molecule has 13 nitrogen and oxygen atoms in total. The van der Waals surface area contributed by atoms with Crippen LogP contribution in [0.3, 0.4) is 0 Å². The first-order valence-electron chi connectivity index (χ1n) is 16.7. The molecular weight excluding hydrogens is 626 g/mol. The highest BCUT2D eigenvalue weighted by molar-refractivity contribution is 5.91. The number of carbonyl (C=O) groups is 5. The highest BCUT2D eigenvalue weighted by Gasteiger charge is 2.51. The van der Waals surface area contributed by atoms with Gasteiger partial charge >= 0.3 is 17.9 Å². The van der Waals surface area contributed by atoms with E-state index in [0.717, 1.165) is 0 Å². The van der Waals surface area contributed by atoms with Crippen molar-refractivity contribution in [2.75, 3.05) is 20.7 Å². The van der Waals surface area contributed by atoms with Gasteiger partial charge in [0.25, 0.3) is 0 Å². The number of allylic oxidation sites excluding steroid dienone is 3. The molecule has 0 bridgehead atoms. The van der Waals surface area contributed by atoms with Gasteiger partial charge in [0.05, 0.1) is 37.4 Å². The van der Waals surface area contributed by atoms with Gasteiger partial charge in [0, 0.05) is 38.0 Å². The first-order chi connectivity index (χ1) is 22.5. The van der Waals surface area contributed by atoms with E-state index in [9.17, 15) is 34.2 Å². The number of hydrogen-bond donors (Lipinski definition) is 2. The molecule has 2 aliphatic heterocycles. The van der Waals surface area contributed by atoms with Gasteiger partial charge in [-0.15, -0.1) is 0 Å². The number of carbonyl (C=O) groups excluding carboxylic acids is 5. The van der Waals surface area contributed by atoms with Gasteiger partial charge in [0.2, 0.25) is 0 Å². The van der Waals surface area contributed by atoms with E-state index < -0.39 is 97.0 Å². The van der Waals surface area contributed by atoms with Crippen LogP contribution in [0, 0.1) is 23.7 Å². The van der Waals surface area contributed by atoms with Gasteiger partial charge in [-0.25, -0.2) is 0 Å². The molecule has 12 atom stereocenters. The molecular formula is C35H55NO12. The summed E-state index contributed by atoms with van der Waals surface area (Å²) in [6.45, 7) is 10.9. The molecule has 0 spiro atoms. The Morgan fingerprint density at radius 3 is 2.21 bits per heavy atom. The fourth-order valence-corrected chi connectivity index (χ4v) is 6.56. The zero-order chi connectivity index (χ0) is 36.3. The lowest BCUT2D eigenvalue weighted by Gasteiger charge is -2.48. The molecule has 1 saturated heterocycles. The Balaban J connectivity index is 2.63. The largest absolute Gasteiger partial charge is 0.462 e. The molecule has 0 saturated carbocycles. The molecule has 7 unspecified atom stereocenters. The summed E-state index contributed by atoms with van der Waals surface area (Å²) in [5.41, 5.74) is 0.693. The molecule has 2 heterocycles. The van der Waals surface area contributed by atoms with Gasteiger partial charge < -0.3 is 38.7 Å². The lowest BCUT2D eigenvalue weighted by Crippen LogP contribution is -2.65. The number of aldehydes is 1. The van der Waals surface area contributed by atoms with E-state index in [1.807, 2.05) is 6.92 Å². The maximum atomic E-state index is 13.3. The van der Waals surface area contributed by atoms with Gasteiger partial charge in [0.15, 0.2) is 18.2 Å². The van der Waals surface area contributed by atoms with Crippen LogP contribution >= 0.6 is 0 Å². The molecule has 0 aliphatic carbocycles. The van der Waals surface area contributed by atoms with Gasteiger partial charge in [-0.1, -0.05) is 38.5 Å². The third kappa shape index (κ3) is 11.6. The molecule has 48 heavy (non-hydrogen) atoms. The summed E-state index contributed by atoms with van der Waals surface area (Å²) in [7, 11) is 3.46. The van der Waals surface area contributed by atoms with Crippen LogP contribution in [0.1, 0.15) is 74.1 Å². The number of aliphatic hydroxyl groups is 2. The molecule has 0 aromatic carbocycles. The normalized spacial score (nSPS) is 37.5. The topological polar surface area (TPSA) is 175 Å². The van der Waals surface area contributed by atoms with Crippen LogP contribution in [-0.4, -0.2) is 115 Å². The van der Waals surface area contributed by atoms with Crippen molar-refractivity contribution < 1.29 is 57.9 Å². The third-order valence-corrected chi connectivity index (χ3v) is 9.11. The summed E-state index contributed by atoms with van der Waals surface area (Å²) < 4.78 is 29.8. The Bertz CT molecular complexity index is 1170. The molecule has 1 fully saturated rings. The van der Waals surface area contributed by atoms with Gasteiger partial charge in [0.1, 0.15) is 18.5 Å². The Kier molecular flexibility index (Phi) is 16.5. The monoisotopic (exact) mass is 681 g/mol. The molecule has 0 amide bonds. The van der Waals surface area contributed by atoms with E-state index in [1.54, 1.807) is 58.8 Å². The van der Waals surface area contributed by atoms with Crippen molar-refractivity contribution in [3.8, 4) is 0 Å². The molecule has 0 aromatic rings. The number of cyclic esters (lactones) is 1. The average Bonchev–Trinajstić information content (AvgIpc) is 3.00. The predicted octanol–water partition coefficient (Wildman–Crippen LogP) is 2.54. The minimum Gasteiger partial charge on any atom is -0.462 e. The van der Waals surface area contributed by atoms with Crippen LogP contribution in [0.25, 0.3) is 0 Å². The second-order valence-electron chi connectivity index (χ2n) is 13.3. The van der Waals surface area contributed by atoms with E-state index in [4.69, 9.17) is 23.7 Å². The maximum Gasteiger partial charge on any atom is 0.308 e. The number of ketones is 1. The lowest BCUT2D eigenvalue weighted by molar-refractivity contribution is -0.308. The first-order valence-corrected chi connectivity index (χ1v) is 16.7. The van der Waals surface area contributed by atoms with Crippen molar-refractivity contribution >= 4 is 30.0 Å². The number of aliphatic hydroxyl groups excluding tert-OH is 2. The Labute approximate surface area is 283 Å². The van der Waals surface area contributed by atoms with E-state index >= 15 is 0 Å². The highest BCUT2D eigenvalue weighted by atomic mass is 16.7. The zero-order valence-corrected chi connectivity index (χ0v) is 29.7. The van der Waals surface area contributed by atoms with Crippen molar-refractivity contribution in [2.24, 2.45) is 23.7 Å². The van der Waals surface area contributed by atoms with Crippen LogP contribution in [-0.2, 0) is 47.7 Å². The molecule has 0 radical (unpaired) electrons. The Morgan fingerprint density at radius 1 is 1.04 bits per heavy atom. The van der Waals surface area contributed by atoms with Crippen LogP contribution in [0.4, 0.5) is 0 Å². The van der Waals surface area contributed by atoms with Crippen molar-refractivity contribution in [3.05, 3.63) is 23.8 Å². The summed E-state index contributed by atoms with van der Waals surface area (Å²) >= 11 is 0. The lowest BCUT2D eigenvalue weighted by atomic mass is 9.79. The number of esters is 3. The van der Waals surface area contributed by atoms with Crippen molar-refractivity contribution in [2.45, 2.75) is 123 Å². The molecule has 2 N–H and O–H groups in total. The molecule has 0 aromatic heterocycles. The van der Waals surface area contributed by atoms with E-state index in [0.29, 0.717) is 18.3 Å². The second kappa shape index (κ2) is 19.3. The van der Waals surface area contributed by atoms with E-state index in [2.05, 4.69) is 0 Å². The van der Waals surface area contributed by atoms with Crippen molar-refractivity contribution in [1.82, 2.24) is 4.90 Å². The fraction of sp³-hybridized carbons (Fsp3) is 0.743. The quantitative estimate of drug-likeness (QED) is 0.207. The standard InChI is InChI=1S/C35H55NO12/c1-10-29-26(18-38)15-19(2)11-12-27(41)20(3)16-25(13-14-37)32(21(4)28(42)17-30(43)47-29)48-35-34(46-24(7)40)31(36(8)9)33(22(5)44-35)45-23(6)39/h11-12,14-15,20-22,25-26,28-29,31-35,38,42H,10,13,16-18H2,1-9H3/b12-11+,19-15+/t20?,21?,22-,25?,26?,28?,29?,31+,32?,33-,34-,35+/m1/s1. The SMILES string of the molecule is CCC1OC(=O)CC(O)C(C)C(O[C@@H]2O[C@H](C)[C@@H](OC(C)=O)[C@H](N(C)C)[C@H]2OC(C)=O)C(CC=O)CC(C)C(=O)/C=C/C(C)=C/C1CO. The van der Waals surface area contributed by atoms with Crippen LogP contribution in [0.5, 0.6) is 0 Å². The van der Waals surface area contributed by atoms with E-state index in [1.165, 1.54) is 19.9 Å². The maximum absolute atomic E-state index is 13.3. The number of ether oxygens (including phenoxy) is 5. The van der Waals surface area contributed by atoms with Crippen LogP contribution < -0.4 is 0 Å². The first kappa shape index (κ1) is 41.2. The third-order valence-electron chi connectivity index (χ3n) is 9.11. The minimum atomic E-state index is -1.32. The van der Waals surface area contributed by atoms with Gasteiger partial charge in [-0.2, -0.15) is 0 Å². The minimum absolute atomic E-state index is 0.0454.